The average molecular weight is 268 g/mol. The van der Waals surface area contributed by atoms with Crippen LogP contribution in [0.15, 0.2) is 0 Å². The molecule has 0 spiro atoms. The molecule has 0 saturated carbocycles. The number of rotatable bonds is 0. The number of hydrogen-bond donors (Lipinski definition) is 3. The van der Waals surface area contributed by atoms with Crippen LogP contribution in [0.5, 0.6) is 0 Å². The van der Waals surface area contributed by atoms with Gasteiger partial charge in [-0.1, -0.05) is 8.64 Å². The van der Waals surface area contributed by atoms with Gasteiger partial charge in [-0.2, -0.15) is 0 Å². The smallest absolute Gasteiger partial charge is 0 e. The number of nitrogens with two attached hydrogens (primary N) is 2. The van der Waals surface area contributed by atoms with E-state index in [2.05, 4.69) is 61.2 Å². The zero-order valence-electron chi connectivity index (χ0n) is 5.49. The molecule has 0 aromatic carbocycles. The number of thiocarbonyl (C=S) groups is 2. The van der Waals surface area contributed by atoms with E-state index in [1.807, 2.05) is 0 Å². The zero-order chi connectivity index (χ0) is 7.15. The minimum absolute atomic E-state index is 0. The van der Waals surface area contributed by atoms with Crippen molar-refractivity contribution in [1.82, 2.24) is 6.15 Å². The maximum absolute atomic E-state index is 4.66. The van der Waals surface area contributed by atoms with Gasteiger partial charge in [0.2, 0.25) is 0 Å². The molecule has 8 heteroatoms. The van der Waals surface area contributed by atoms with Crippen molar-refractivity contribution in [2.24, 2.45) is 11.5 Å². The second-order valence-electron chi connectivity index (χ2n) is 0.638. The second-order valence-corrected chi connectivity index (χ2v) is 2.91. The van der Waals surface area contributed by atoms with E-state index < -0.39 is 0 Å². The Morgan fingerprint density at radius 1 is 1.00 bits per heavy atom. The fourth-order valence-electron chi connectivity index (χ4n) is 0. The van der Waals surface area contributed by atoms with Crippen molar-refractivity contribution >= 4 is 58.3 Å². The molecule has 0 bridgehead atoms. The molecule has 0 rings (SSSR count). The number of hydrogen-bond acceptors (Lipinski definition) is 4. The molecule has 0 aliphatic rings. The van der Waals surface area contributed by atoms with Crippen molar-refractivity contribution < 1.29 is 19.5 Å². The monoisotopic (exact) mass is 266 g/mol. The third kappa shape index (κ3) is 831. The SMILES string of the molecule is NC(=S)[S-].NC(=S)[S-].[NH4+].[Zn]. The van der Waals surface area contributed by atoms with Gasteiger partial charge in [-0.15, -0.1) is 0 Å². The Bertz CT molecular complexity index is 76.5. The van der Waals surface area contributed by atoms with Crippen LogP contribution in [-0.2, 0) is 44.7 Å². The third-order valence-corrected chi connectivity index (χ3v) is 0. The van der Waals surface area contributed by atoms with Gasteiger partial charge in [0.15, 0.2) is 0 Å². The standard InChI is InChI=1S/2CH3NS2.H3N.Zn/c2*2-1(3)4;;/h2*(H3,2,3,4);1H3;/p-1. The summed E-state index contributed by atoms with van der Waals surface area (Å²) in [5, 5.41) is 0. The quantitative estimate of drug-likeness (QED) is 0.323. The molecule has 0 aliphatic carbocycles. The summed E-state index contributed by atoms with van der Waals surface area (Å²) in [6.07, 6.45) is 0. The first kappa shape index (κ1) is 22.4. The van der Waals surface area contributed by atoms with E-state index in [-0.39, 0.29) is 34.3 Å². The molecule has 0 aromatic rings. The summed E-state index contributed by atoms with van der Waals surface area (Å²) >= 11 is 16.5. The maximum atomic E-state index is 4.66. The Morgan fingerprint density at radius 2 is 1.00 bits per heavy atom. The van der Waals surface area contributed by atoms with Crippen molar-refractivity contribution in [3.05, 3.63) is 0 Å². The van der Waals surface area contributed by atoms with E-state index in [9.17, 15) is 0 Å². The van der Waals surface area contributed by atoms with Crippen LogP contribution in [0, 0.1) is 0 Å². The summed E-state index contributed by atoms with van der Waals surface area (Å²) in [6, 6.07) is 0. The van der Waals surface area contributed by atoms with Gasteiger partial charge in [0.25, 0.3) is 0 Å². The molecule has 0 heterocycles. The van der Waals surface area contributed by atoms with E-state index in [1.165, 1.54) is 0 Å². The first-order chi connectivity index (χ1) is 3.46. The topological polar surface area (TPSA) is 88.5 Å². The Hall–Kier alpha value is 0.803. The Kier molecular flexibility index (Phi) is 36.8. The van der Waals surface area contributed by atoms with Crippen LogP contribution in [0.1, 0.15) is 0 Å². The molecule has 0 aliphatic heterocycles. The number of quaternary nitrogens is 1. The van der Waals surface area contributed by atoms with E-state index in [4.69, 9.17) is 0 Å². The molecular weight excluding hydrogens is 260 g/mol. The van der Waals surface area contributed by atoms with Crippen molar-refractivity contribution in [3.8, 4) is 0 Å². The van der Waals surface area contributed by atoms with E-state index in [0.29, 0.717) is 0 Å². The predicted molar refractivity (Wildman–Crippen MR) is 54.3 cm³/mol. The van der Waals surface area contributed by atoms with Crippen molar-refractivity contribution in [2.45, 2.75) is 0 Å². The van der Waals surface area contributed by atoms with Crippen LogP contribution < -0.4 is 17.6 Å². The summed E-state index contributed by atoms with van der Waals surface area (Å²) < 4.78 is 0.167. The van der Waals surface area contributed by atoms with E-state index in [0.717, 1.165) is 0 Å². The molecule has 8 N–H and O–H groups in total. The first-order valence-electron chi connectivity index (χ1n) is 1.39. The molecule has 0 unspecified atom stereocenters. The Morgan fingerprint density at radius 3 is 1.00 bits per heavy atom. The van der Waals surface area contributed by atoms with Gasteiger partial charge in [0, 0.05) is 19.5 Å². The zero-order valence-corrected chi connectivity index (χ0v) is 11.7. The molecule has 0 saturated heterocycles. The van der Waals surface area contributed by atoms with Gasteiger partial charge in [-0.05, 0) is 0 Å². The molecule has 3 nitrogen and oxygen atoms in total. The summed E-state index contributed by atoms with van der Waals surface area (Å²) in [4.78, 5) is 0. The van der Waals surface area contributed by atoms with Crippen LogP contribution in [0.4, 0.5) is 0 Å². The minimum Gasteiger partial charge on any atom is -0.415 e. The van der Waals surface area contributed by atoms with Gasteiger partial charge >= 0.3 is 0 Å². The fourth-order valence-corrected chi connectivity index (χ4v) is 0. The summed E-state index contributed by atoms with van der Waals surface area (Å²) in [5.74, 6) is 0. The maximum Gasteiger partial charge on any atom is 0 e. The molecule has 0 fully saturated rings. The van der Waals surface area contributed by atoms with Gasteiger partial charge in [0.1, 0.15) is 0 Å². The van der Waals surface area contributed by atoms with Crippen LogP contribution in [0.3, 0.4) is 0 Å². The molecule has 0 aromatic heterocycles. The fraction of sp³-hybridized carbons (Fsp3) is 0. The first-order valence-corrected chi connectivity index (χ1v) is 3.03. The predicted octanol–water partition coefficient (Wildman–Crippen LogP) is -0.0725. The molecule has 58 valence electrons. The normalized spacial score (nSPS) is 4.80. The summed E-state index contributed by atoms with van der Waals surface area (Å²) in [5.41, 5.74) is 9.31. The molecule has 0 atom stereocenters. The third-order valence-electron chi connectivity index (χ3n) is 0. The Balaban J connectivity index is -0.0000000300. The van der Waals surface area contributed by atoms with Gasteiger partial charge in [-0.3, -0.25) is 0 Å². The second kappa shape index (κ2) is 16.4. The van der Waals surface area contributed by atoms with E-state index in [1.54, 1.807) is 0 Å². The largest absolute Gasteiger partial charge is 0.415 e. The van der Waals surface area contributed by atoms with Gasteiger partial charge in [-0.25, -0.2) is 0 Å². The summed E-state index contributed by atoms with van der Waals surface area (Å²) in [6.45, 7) is 0. The molecule has 0 radical (unpaired) electrons. The summed E-state index contributed by atoms with van der Waals surface area (Å²) in [7, 11) is 0. The minimum atomic E-state index is 0. The molecule has 0 amide bonds. The molecular formula is C2H8N3S4Zn-. The van der Waals surface area contributed by atoms with Crippen molar-refractivity contribution in [3.63, 3.8) is 0 Å². The Labute approximate surface area is 94.8 Å². The van der Waals surface area contributed by atoms with Crippen molar-refractivity contribution in [1.29, 1.82) is 0 Å². The van der Waals surface area contributed by atoms with Crippen LogP contribution in [-0.4, -0.2) is 8.64 Å². The van der Waals surface area contributed by atoms with Crippen molar-refractivity contribution in [2.75, 3.05) is 0 Å². The van der Waals surface area contributed by atoms with Crippen LogP contribution >= 0.6 is 24.4 Å². The van der Waals surface area contributed by atoms with E-state index >= 15 is 0 Å². The van der Waals surface area contributed by atoms with Gasteiger partial charge < -0.3 is 67.3 Å². The van der Waals surface area contributed by atoms with Crippen LogP contribution in [0.2, 0.25) is 0 Å². The van der Waals surface area contributed by atoms with Crippen LogP contribution in [0.25, 0.3) is 0 Å². The molecule has 10 heavy (non-hydrogen) atoms. The average Bonchev–Trinajstić information content (AvgIpc) is 1.25. The van der Waals surface area contributed by atoms with Gasteiger partial charge in [0.05, 0.1) is 0 Å².